The van der Waals surface area contributed by atoms with Gasteiger partial charge in [0.2, 0.25) is 0 Å². The molecule has 6 heteroatoms. The molecule has 0 unspecified atom stereocenters. The van der Waals surface area contributed by atoms with E-state index in [4.69, 9.17) is 18.0 Å². The number of carbonyl (C=O) groups is 1. The number of carbonyl (C=O) groups excluding carboxylic acids is 1. The van der Waals surface area contributed by atoms with E-state index >= 15 is 0 Å². The van der Waals surface area contributed by atoms with Gasteiger partial charge in [0.15, 0.2) is 0 Å². The maximum atomic E-state index is 14.1. The summed E-state index contributed by atoms with van der Waals surface area (Å²) in [4.78, 5) is 15.0. The van der Waals surface area contributed by atoms with Crippen LogP contribution in [-0.4, -0.2) is 41.0 Å². The van der Waals surface area contributed by atoms with Crippen molar-refractivity contribution in [2.24, 2.45) is 5.73 Å². The molecule has 0 spiro atoms. The molecule has 2 amide bonds. The van der Waals surface area contributed by atoms with E-state index in [2.05, 4.69) is 0 Å². The Hall–Kier alpha value is -1.69. The number of amides is 2. The Kier molecular flexibility index (Phi) is 3.47. The number of benzene rings is 1. The molecular formula is C12H14FN3OS. The fourth-order valence-electron chi connectivity index (χ4n) is 1.95. The number of thiocarbonyl (C=S) groups is 1. The summed E-state index contributed by atoms with van der Waals surface area (Å²) in [5.74, 6) is -0.438. The van der Waals surface area contributed by atoms with Crippen molar-refractivity contribution in [3.05, 3.63) is 35.1 Å². The fraction of sp³-hybridized carbons (Fsp3) is 0.333. The molecule has 1 heterocycles. The molecule has 0 atom stereocenters. The Bertz CT molecular complexity index is 506. The van der Waals surface area contributed by atoms with Crippen LogP contribution in [0.5, 0.6) is 0 Å². The summed E-state index contributed by atoms with van der Waals surface area (Å²) < 4.78 is 14.1. The second kappa shape index (κ2) is 4.89. The van der Waals surface area contributed by atoms with E-state index in [1.807, 2.05) is 0 Å². The van der Waals surface area contributed by atoms with Gasteiger partial charge < -0.3 is 15.5 Å². The van der Waals surface area contributed by atoms with Crippen molar-refractivity contribution in [3.63, 3.8) is 0 Å². The summed E-state index contributed by atoms with van der Waals surface area (Å²) in [6, 6.07) is 4.79. The number of rotatable bonds is 3. The Labute approximate surface area is 110 Å². The lowest BCUT2D eigenvalue weighted by Crippen LogP contribution is -2.29. The third kappa shape index (κ3) is 2.28. The van der Waals surface area contributed by atoms with E-state index in [0.717, 1.165) is 0 Å². The highest BCUT2D eigenvalue weighted by Crippen LogP contribution is 2.17. The molecule has 1 aromatic rings. The molecule has 0 radical (unpaired) electrons. The summed E-state index contributed by atoms with van der Waals surface area (Å²) >= 11 is 4.78. The van der Waals surface area contributed by atoms with Crippen LogP contribution in [0.3, 0.4) is 0 Å². The molecule has 18 heavy (non-hydrogen) atoms. The third-order valence-corrected chi connectivity index (χ3v) is 3.23. The van der Waals surface area contributed by atoms with E-state index in [1.165, 1.54) is 0 Å². The van der Waals surface area contributed by atoms with Gasteiger partial charge in [-0.3, -0.25) is 0 Å². The van der Waals surface area contributed by atoms with Crippen LogP contribution in [-0.2, 0) is 6.54 Å². The topological polar surface area (TPSA) is 49.6 Å². The van der Waals surface area contributed by atoms with Crippen LogP contribution in [0.1, 0.15) is 11.1 Å². The van der Waals surface area contributed by atoms with E-state index in [9.17, 15) is 9.18 Å². The monoisotopic (exact) mass is 267 g/mol. The van der Waals surface area contributed by atoms with Gasteiger partial charge in [0.25, 0.3) is 0 Å². The maximum Gasteiger partial charge on any atom is 0.320 e. The van der Waals surface area contributed by atoms with Gasteiger partial charge in [0.05, 0.1) is 6.54 Å². The first-order valence-electron chi connectivity index (χ1n) is 5.58. The second-order valence-corrected chi connectivity index (χ2v) is 4.71. The SMILES string of the molecule is CN1CCN(Cc2cccc(C(N)=S)c2F)C1=O. The number of hydrogen-bond acceptors (Lipinski definition) is 2. The van der Waals surface area contributed by atoms with Gasteiger partial charge in [-0.05, 0) is 6.07 Å². The Balaban J connectivity index is 2.22. The molecule has 0 bridgehead atoms. The number of urea groups is 1. The van der Waals surface area contributed by atoms with Gasteiger partial charge in [0.1, 0.15) is 10.8 Å². The zero-order valence-electron chi connectivity index (χ0n) is 10.0. The Morgan fingerprint density at radius 3 is 2.78 bits per heavy atom. The first-order valence-corrected chi connectivity index (χ1v) is 5.98. The molecule has 2 N–H and O–H groups in total. The van der Waals surface area contributed by atoms with Crippen molar-refractivity contribution in [3.8, 4) is 0 Å². The van der Waals surface area contributed by atoms with Crippen molar-refractivity contribution in [1.29, 1.82) is 0 Å². The average molecular weight is 267 g/mol. The standard InChI is InChI=1S/C12H14FN3OS/c1-15-5-6-16(12(15)17)7-8-3-2-4-9(10(8)13)11(14)18/h2-4H,5-7H2,1H3,(H2,14,18). The van der Waals surface area contributed by atoms with Crippen LogP contribution in [0.2, 0.25) is 0 Å². The zero-order valence-corrected chi connectivity index (χ0v) is 10.8. The molecule has 1 saturated heterocycles. The number of hydrogen-bond donors (Lipinski definition) is 1. The van der Waals surface area contributed by atoms with Gasteiger partial charge in [-0.1, -0.05) is 24.4 Å². The summed E-state index contributed by atoms with van der Waals surface area (Å²) in [5.41, 5.74) is 6.10. The van der Waals surface area contributed by atoms with Crippen LogP contribution in [0.25, 0.3) is 0 Å². The molecule has 0 aromatic heterocycles. The lowest BCUT2D eigenvalue weighted by atomic mass is 10.1. The highest BCUT2D eigenvalue weighted by molar-refractivity contribution is 7.80. The largest absolute Gasteiger partial charge is 0.389 e. The van der Waals surface area contributed by atoms with Crippen LogP contribution in [0, 0.1) is 5.82 Å². The van der Waals surface area contributed by atoms with Gasteiger partial charge in [-0.2, -0.15) is 0 Å². The average Bonchev–Trinajstić information content (AvgIpc) is 2.63. The quantitative estimate of drug-likeness (QED) is 0.841. The van der Waals surface area contributed by atoms with E-state index in [-0.39, 0.29) is 23.1 Å². The molecule has 0 aliphatic carbocycles. The first-order chi connectivity index (χ1) is 8.50. The van der Waals surface area contributed by atoms with Crippen molar-refractivity contribution >= 4 is 23.2 Å². The van der Waals surface area contributed by atoms with Crippen LogP contribution in [0.15, 0.2) is 18.2 Å². The predicted molar refractivity (Wildman–Crippen MR) is 70.7 cm³/mol. The van der Waals surface area contributed by atoms with Crippen molar-refractivity contribution in [2.45, 2.75) is 6.54 Å². The molecule has 96 valence electrons. The Morgan fingerprint density at radius 1 is 1.50 bits per heavy atom. The van der Waals surface area contributed by atoms with E-state index < -0.39 is 5.82 Å². The number of halogens is 1. The maximum absolute atomic E-state index is 14.1. The molecule has 1 aliphatic rings. The van der Waals surface area contributed by atoms with Gasteiger partial charge >= 0.3 is 6.03 Å². The second-order valence-electron chi connectivity index (χ2n) is 4.27. The van der Waals surface area contributed by atoms with Gasteiger partial charge in [-0.15, -0.1) is 0 Å². The van der Waals surface area contributed by atoms with E-state index in [1.54, 1.807) is 35.0 Å². The molecule has 1 fully saturated rings. The van der Waals surface area contributed by atoms with Gasteiger partial charge in [0, 0.05) is 31.3 Å². The van der Waals surface area contributed by atoms with E-state index in [0.29, 0.717) is 18.7 Å². The highest BCUT2D eigenvalue weighted by Gasteiger charge is 2.26. The smallest absolute Gasteiger partial charge is 0.320 e. The fourth-order valence-corrected chi connectivity index (χ4v) is 2.11. The third-order valence-electron chi connectivity index (χ3n) is 3.01. The minimum atomic E-state index is -0.438. The van der Waals surface area contributed by atoms with Crippen LogP contribution in [0.4, 0.5) is 9.18 Å². The molecule has 0 saturated carbocycles. The van der Waals surface area contributed by atoms with Crippen molar-refractivity contribution in [2.75, 3.05) is 20.1 Å². The minimum Gasteiger partial charge on any atom is -0.389 e. The van der Waals surface area contributed by atoms with Crippen LogP contribution >= 0.6 is 12.2 Å². The lowest BCUT2D eigenvalue weighted by molar-refractivity contribution is 0.196. The highest BCUT2D eigenvalue weighted by atomic mass is 32.1. The molecular weight excluding hydrogens is 253 g/mol. The lowest BCUT2D eigenvalue weighted by Gasteiger charge is -2.17. The molecule has 1 aliphatic heterocycles. The number of likely N-dealkylation sites (N-methyl/N-ethyl adjacent to an activating group) is 1. The summed E-state index contributed by atoms with van der Waals surface area (Å²) in [7, 11) is 1.73. The summed E-state index contributed by atoms with van der Waals surface area (Å²) in [6.45, 7) is 1.51. The molecule has 2 rings (SSSR count). The number of nitrogens with two attached hydrogens (primary N) is 1. The first kappa shape index (κ1) is 12.8. The number of nitrogens with zero attached hydrogens (tertiary/aromatic N) is 2. The molecule has 1 aromatic carbocycles. The van der Waals surface area contributed by atoms with Crippen molar-refractivity contribution < 1.29 is 9.18 Å². The Morgan fingerprint density at radius 2 is 2.22 bits per heavy atom. The molecule has 4 nitrogen and oxygen atoms in total. The minimum absolute atomic E-state index is 0.0271. The van der Waals surface area contributed by atoms with Crippen LogP contribution < -0.4 is 5.73 Å². The van der Waals surface area contributed by atoms with Crippen molar-refractivity contribution in [1.82, 2.24) is 9.80 Å². The van der Waals surface area contributed by atoms with Gasteiger partial charge in [-0.25, -0.2) is 9.18 Å². The summed E-state index contributed by atoms with van der Waals surface area (Å²) in [6.07, 6.45) is 0. The zero-order chi connectivity index (χ0) is 13.3. The summed E-state index contributed by atoms with van der Waals surface area (Å²) in [5, 5.41) is 0. The normalized spacial score (nSPS) is 15.3. The predicted octanol–water partition coefficient (Wildman–Crippen LogP) is 1.33.